The van der Waals surface area contributed by atoms with E-state index in [1.807, 2.05) is 0 Å². The van der Waals surface area contributed by atoms with E-state index in [9.17, 15) is 13.6 Å². The lowest BCUT2D eigenvalue weighted by molar-refractivity contribution is 0.0170. The fourth-order valence-electron chi connectivity index (χ4n) is 1.51. The van der Waals surface area contributed by atoms with Gasteiger partial charge in [-0.15, -0.1) is 0 Å². The van der Waals surface area contributed by atoms with Crippen LogP contribution in [-0.2, 0) is 9.47 Å². The molecule has 0 aliphatic rings. The Kier molecular flexibility index (Phi) is 8.41. The van der Waals surface area contributed by atoms with Crippen molar-refractivity contribution >= 4 is 21.7 Å². The molecule has 0 atom stereocenters. The van der Waals surface area contributed by atoms with Crippen molar-refractivity contribution in [2.45, 2.75) is 12.8 Å². The predicted octanol–water partition coefficient (Wildman–Crippen LogP) is 3.33. The van der Waals surface area contributed by atoms with E-state index in [-0.39, 0.29) is 18.8 Å². The minimum Gasteiger partial charge on any atom is -0.490 e. The van der Waals surface area contributed by atoms with E-state index in [1.165, 1.54) is 0 Å². The van der Waals surface area contributed by atoms with Crippen LogP contribution in [0.4, 0.5) is 8.78 Å². The Labute approximate surface area is 130 Å². The molecule has 0 heterocycles. The zero-order valence-corrected chi connectivity index (χ0v) is 13.2. The second-order valence-corrected chi connectivity index (χ2v) is 4.98. The van der Waals surface area contributed by atoms with Crippen molar-refractivity contribution in [3.63, 3.8) is 0 Å². The molecule has 0 spiro atoms. The summed E-state index contributed by atoms with van der Waals surface area (Å²) in [5.74, 6) is 0.436. The van der Waals surface area contributed by atoms with Gasteiger partial charge in [-0.25, -0.2) is 8.78 Å². The Morgan fingerprint density at radius 1 is 1.29 bits per heavy atom. The zero-order valence-electron chi connectivity index (χ0n) is 11.6. The first-order chi connectivity index (χ1) is 10.0. The van der Waals surface area contributed by atoms with Crippen LogP contribution in [0.5, 0.6) is 5.75 Å². The predicted molar refractivity (Wildman–Crippen MR) is 77.3 cm³/mol. The molecule has 0 radical (unpaired) electrons. The molecule has 1 rings (SSSR count). The van der Waals surface area contributed by atoms with Crippen LogP contribution >= 0.6 is 15.9 Å². The second kappa shape index (κ2) is 9.81. The maximum Gasteiger partial charge on any atom is 0.261 e. The fourth-order valence-corrected chi connectivity index (χ4v) is 2.00. The summed E-state index contributed by atoms with van der Waals surface area (Å²) in [5, 5.41) is 0. The van der Waals surface area contributed by atoms with Gasteiger partial charge in [0.1, 0.15) is 19.0 Å². The lowest BCUT2D eigenvalue weighted by atomic mass is 10.1. The molecule has 0 N–H and O–H groups in total. The van der Waals surface area contributed by atoms with Crippen molar-refractivity contribution in [2.75, 3.05) is 33.5 Å². The smallest absolute Gasteiger partial charge is 0.261 e. The van der Waals surface area contributed by atoms with Gasteiger partial charge in [-0.2, -0.15) is 0 Å². The Bertz CT molecular complexity index is 455. The Balaban J connectivity index is 2.47. The number of ether oxygens (including phenoxy) is 3. The molecule has 1 aromatic rings. The van der Waals surface area contributed by atoms with E-state index in [0.29, 0.717) is 29.0 Å². The highest BCUT2D eigenvalue weighted by molar-refractivity contribution is 9.10. The molecule has 0 aromatic heterocycles. The molecular weight excluding hydrogens is 350 g/mol. The van der Waals surface area contributed by atoms with Gasteiger partial charge < -0.3 is 14.2 Å². The second-order valence-electron chi connectivity index (χ2n) is 4.13. The van der Waals surface area contributed by atoms with Gasteiger partial charge in [-0.05, 0) is 34.1 Å². The maximum absolute atomic E-state index is 11.9. The van der Waals surface area contributed by atoms with Gasteiger partial charge in [0, 0.05) is 19.1 Å². The Morgan fingerprint density at radius 2 is 2.05 bits per heavy atom. The Morgan fingerprint density at radius 3 is 2.67 bits per heavy atom. The van der Waals surface area contributed by atoms with Crippen LogP contribution in [0.25, 0.3) is 0 Å². The van der Waals surface area contributed by atoms with E-state index < -0.39 is 13.0 Å². The minimum atomic E-state index is -2.52. The van der Waals surface area contributed by atoms with Crippen LogP contribution in [-0.4, -0.2) is 45.7 Å². The van der Waals surface area contributed by atoms with Crippen LogP contribution in [0.2, 0.25) is 0 Å². The molecule has 0 saturated carbocycles. The average molecular weight is 367 g/mol. The van der Waals surface area contributed by atoms with Gasteiger partial charge >= 0.3 is 0 Å². The molecule has 0 amide bonds. The van der Waals surface area contributed by atoms with Crippen LogP contribution in [0.15, 0.2) is 22.7 Å². The van der Waals surface area contributed by atoms with Crippen molar-refractivity contribution in [1.82, 2.24) is 0 Å². The normalized spacial score (nSPS) is 10.9. The third-order valence-electron chi connectivity index (χ3n) is 2.52. The van der Waals surface area contributed by atoms with E-state index in [4.69, 9.17) is 9.47 Å². The fraction of sp³-hybridized carbons (Fsp3) is 0.500. The summed E-state index contributed by atoms with van der Waals surface area (Å²) < 4.78 is 39.4. The molecule has 0 aliphatic carbocycles. The van der Waals surface area contributed by atoms with Gasteiger partial charge in [-0.1, -0.05) is 0 Å². The number of halogens is 3. The van der Waals surface area contributed by atoms with E-state index in [1.54, 1.807) is 25.3 Å². The standard InChI is InChI=1S/C14H17BrF2O4/c1-19-6-7-21-13-3-2-10(8-11(13)15)12(18)4-5-20-9-14(16)17/h2-3,8,14H,4-7,9H2,1H3. The summed E-state index contributed by atoms with van der Waals surface area (Å²) in [5.41, 5.74) is 0.474. The van der Waals surface area contributed by atoms with Crippen molar-refractivity contribution in [3.8, 4) is 5.75 Å². The van der Waals surface area contributed by atoms with Crippen molar-refractivity contribution in [3.05, 3.63) is 28.2 Å². The number of ketones is 1. The van der Waals surface area contributed by atoms with Crippen LogP contribution < -0.4 is 4.74 Å². The maximum atomic E-state index is 11.9. The highest BCUT2D eigenvalue weighted by Gasteiger charge is 2.10. The van der Waals surface area contributed by atoms with Gasteiger partial charge in [0.25, 0.3) is 6.43 Å². The number of carbonyl (C=O) groups is 1. The summed E-state index contributed by atoms with van der Waals surface area (Å²) in [7, 11) is 1.58. The number of hydrogen-bond donors (Lipinski definition) is 0. The molecule has 7 heteroatoms. The molecule has 1 aromatic carbocycles. The number of carbonyl (C=O) groups excluding carboxylic acids is 1. The van der Waals surface area contributed by atoms with Gasteiger partial charge in [0.2, 0.25) is 0 Å². The molecular formula is C14H17BrF2O4. The van der Waals surface area contributed by atoms with Gasteiger partial charge in [0.05, 0.1) is 17.7 Å². The van der Waals surface area contributed by atoms with Gasteiger partial charge in [0.15, 0.2) is 5.78 Å². The molecule has 0 fully saturated rings. The highest BCUT2D eigenvalue weighted by Crippen LogP contribution is 2.26. The number of Topliss-reactive ketones (excluding diaryl/α,β-unsaturated/α-hetero) is 1. The first kappa shape index (κ1) is 18.0. The summed E-state index contributed by atoms with van der Waals surface area (Å²) >= 11 is 3.32. The molecule has 21 heavy (non-hydrogen) atoms. The summed E-state index contributed by atoms with van der Waals surface area (Å²) in [4.78, 5) is 11.9. The third-order valence-corrected chi connectivity index (χ3v) is 3.14. The monoisotopic (exact) mass is 366 g/mol. The molecule has 0 bridgehead atoms. The number of methoxy groups -OCH3 is 1. The lowest BCUT2D eigenvalue weighted by Gasteiger charge is -2.09. The van der Waals surface area contributed by atoms with Crippen molar-refractivity contribution < 1.29 is 27.8 Å². The largest absolute Gasteiger partial charge is 0.490 e. The molecule has 0 aliphatic heterocycles. The summed E-state index contributed by atoms with van der Waals surface area (Å²) in [6, 6.07) is 4.94. The molecule has 0 saturated heterocycles. The molecule has 118 valence electrons. The van der Waals surface area contributed by atoms with Gasteiger partial charge in [-0.3, -0.25) is 4.79 Å². The average Bonchev–Trinajstić information content (AvgIpc) is 2.45. The topological polar surface area (TPSA) is 44.8 Å². The first-order valence-electron chi connectivity index (χ1n) is 6.35. The molecule has 4 nitrogen and oxygen atoms in total. The first-order valence-corrected chi connectivity index (χ1v) is 7.14. The van der Waals surface area contributed by atoms with E-state index >= 15 is 0 Å². The molecule has 0 unspecified atom stereocenters. The lowest BCUT2D eigenvalue weighted by Crippen LogP contribution is -2.10. The minimum absolute atomic E-state index is 0.0209. The van der Waals surface area contributed by atoms with Crippen molar-refractivity contribution in [2.24, 2.45) is 0 Å². The SMILES string of the molecule is COCCOc1ccc(C(=O)CCOCC(F)F)cc1Br. The Hall–Kier alpha value is -1.05. The van der Waals surface area contributed by atoms with E-state index in [2.05, 4.69) is 20.7 Å². The number of rotatable bonds is 10. The van der Waals surface area contributed by atoms with Crippen LogP contribution in [0.3, 0.4) is 0 Å². The van der Waals surface area contributed by atoms with Crippen LogP contribution in [0.1, 0.15) is 16.8 Å². The summed E-state index contributed by atoms with van der Waals surface area (Å²) in [6.45, 7) is 0.203. The third kappa shape index (κ3) is 6.97. The highest BCUT2D eigenvalue weighted by atomic mass is 79.9. The number of hydrogen-bond acceptors (Lipinski definition) is 4. The van der Waals surface area contributed by atoms with Crippen molar-refractivity contribution in [1.29, 1.82) is 0 Å². The summed E-state index contributed by atoms with van der Waals surface area (Å²) in [6.07, 6.45) is -2.46. The quantitative estimate of drug-likeness (QED) is 0.470. The number of benzene rings is 1. The number of alkyl halides is 2. The zero-order chi connectivity index (χ0) is 15.7. The van der Waals surface area contributed by atoms with E-state index in [0.717, 1.165) is 0 Å². The van der Waals surface area contributed by atoms with Crippen LogP contribution in [0, 0.1) is 0 Å².